The Hall–Kier alpha value is -0.990. The number of hydrogen-bond donors (Lipinski definition) is 5. The van der Waals surface area contributed by atoms with Crippen molar-refractivity contribution in [3.8, 4) is 0 Å². The molecule has 1 heterocycles. The highest BCUT2D eigenvalue weighted by atomic mass is 16.5. The van der Waals surface area contributed by atoms with Crippen molar-refractivity contribution in [1.29, 1.82) is 0 Å². The van der Waals surface area contributed by atoms with E-state index in [9.17, 15) is 15.3 Å². The van der Waals surface area contributed by atoms with Gasteiger partial charge in [-0.15, -0.1) is 0 Å². The van der Waals surface area contributed by atoms with Gasteiger partial charge in [-0.3, -0.25) is 0 Å². The fourth-order valence-electron chi connectivity index (χ4n) is 2.90. The number of nitrogens with zero attached hydrogens (tertiary/aromatic N) is 1. The second kappa shape index (κ2) is 5.42. The molecular weight excluding hydrogens is 266 g/mol. The van der Waals surface area contributed by atoms with E-state index in [4.69, 9.17) is 15.1 Å². The van der Waals surface area contributed by atoms with E-state index in [-0.39, 0.29) is 0 Å². The minimum atomic E-state index is -1.43. The van der Waals surface area contributed by atoms with Crippen molar-refractivity contribution in [1.82, 2.24) is 0 Å². The maximum absolute atomic E-state index is 10.3. The summed E-state index contributed by atoms with van der Waals surface area (Å²) in [6.07, 6.45) is -2.95. The zero-order valence-electron chi connectivity index (χ0n) is 11.5. The lowest BCUT2D eigenvalue weighted by molar-refractivity contribution is -0.217. The molecule has 114 valence electrons. The molecule has 1 fully saturated rings. The Morgan fingerprint density at radius 2 is 2.15 bits per heavy atom. The monoisotopic (exact) mass is 287 g/mol. The molecule has 1 aliphatic carbocycles. The largest absolute Gasteiger partial charge is 0.411 e. The van der Waals surface area contributed by atoms with Gasteiger partial charge >= 0.3 is 0 Å². The Bertz CT molecular complexity index is 437. The predicted molar refractivity (Wildman–Crippen MR) is 69.5 cm³/mol. The SMILES string of the molecule is CC1=CC(=NO)[C@@H]2C[C@@]1(C)O[C@@H]([C@@H](O)[C@H](O)CO)[C@H]2O. The second-order valence-corrected chi connectivity index (χ2v) is 5.71. The molecule has 20 heavy (non-hydrogen) atoms. The summed E-state index contributed by atoms with van der Waals surface area (Å²) in [4.78, 5) is 0. The number of aliphatic hydroxyl groups is 4. The van der Waals surface area contributed by atoms with Gasteiger partial charge in [-0.1, -0.05) is 5.16 Å². The first-order valence-electron chi connectivity index (χ1n) is 6.57. The van der Waals surface area contributed by atoms with Crippen molar-refractivity contribution < 1.29 is 30.4 Å². The number of rotatable bonds is 3. The molecule has 0 unspecified atom stereocenters. The molecule has 2 aliphatic rings. The topological polar surface area (TPSA) is 123 Å². The first-order chi connectivity index (χ1) is 9.34. The second-order valence-electron chi connectivity index (χ2n) is 5.71. The minimum Gasteiger partial charge on any atom is -0.411 e. The molecule has 0 saturated carbocycles. The molecule has 6 atom stereocenters. The molecule has 2 rings (SSSR count). The Morgan fingerprint density at radius 1 is 1.50 bits per heavy atom. The molecule has 1 saturated heterocycles. The van der Waals surface area contributed by atoms with Crippen LogP contribution in [0.5, 0.6) is 0 Å². The molecule has 2 bridgehead atoms. The Labute approximate surface area is 116 Å². The molecule has 0 spiro atoms. The van der Waals surface area contributed by atoms with Crippen LogP contribution in [-0.4, -0.2) is 68.0 Å². The van der Waals surface area contributed by atoms with Gasteiger partial charge < -0.3 is 30.4 Å². The van der Waals surface area contributed by atoms with E-state index < -0.39 is 42.5 Å². The summed E-state index contributed by atoms with van der Waals surface area (Å²) in [5, 5.41) is 51.0. The summed E-state index contributed by atoms with van der Waals surface area (Å²) in [6, 6.07) is 0. The Kier molecular flexibility index (Phi) is 4.17. The van der Waals surface area contributed by atoms with Crippen LogP contribution in [0.3, 0.4) is 0 Å². The van der Waals surface area contributed by atoms with E-state index >= 15 is 0 Å². The summed E-state index contributed by atoms with van der Waals surface area (Å²) < 4.78 is 5.77. The highest BCUT2D eigenvalue weighted by molar-refractivity contribution is 5.99. The van der Waals surface area contributed by atoms with E-state index in [1.165, 1.54) is 0 Å². The van der Waals surface area contributed by atoms with Crippen LogP contribution in [0, 0.1) is 5.92 Å². The van der Waals surface area contributed by atoms with Crippen molar-refractivity contribution in [2.75, 3.05) is 6.61 Å². The maximum Gasteiger partial charge on any atom is 0.114 e. The van der Waals surface area contributed by atoms with Crippen LogP contribution >= 0.6 is 0 Å². The first-order valence-corrected chi connectivity index (χ1v) is 6.57. The lowest BCUT2D eigenvalue weighted by Gasteiger charge is -2.50. The third-order valence-corrected chi connectivity index (χ3v) is 4.37. The van der Waals surface area contributed by atoms with Crippen molar-refractivity contribution in [2.45, 2.75) is 50.3 Å². The van der Waals surface area contributed by atoms with Gasteiger partial charge in [0.05, 0.1) is 24.0 Å². The van der Waals surface area contributed by atoms with Gasteiger partial charge in [0, 0.05) is 5.92 Å². The molecule has 1 aliphatic heterocycles. The standard InChI is InChI=1S/C13H21NO6/c1-6-3-8(14-19)7-4-13(6,2)20-12(10(7)17)11(18)9(16)5-15/h3,7,9-12,15-19H,4-5H2,1-2H3/t7-,9+,10-,11-,12+,13+/m0/s1. The predicted octanol–water partition coefficient (Wildman–Crippen LogP) is -0.985. The fraction of sp³-hybridized carbons (Fsp3) is 0.769. The Morgan fingerprint density at radius 3 is 2.70 bits per heavy atom. The van der Waals surface area contributed by atoms with Crippen LogP contribution in [-0.2, 0) is 4.74 Å². The molecule has 0 aromatic heterocycles. The number of fused-ring (bicyclic) bond motifs is 2. The molecule has 0 aromatic rings. The minimum absolute atomic E-state index is 0.325. The summed E-state index contributed by atoms with van der Waals surface area (Å²) in [7, 11) is 0. The van der Waals surface area contributed by atoms with Gasteiger partial charge in [0.25, 0.3) is 0 Å². The highest BCUT2D eigenvalue weighted by Gasteiger charge is 2.52. The summed E-state index contributed by atoms with van der Waals surface area (Å²) in [5.41, 5.74) is 0.425. The maximum atomic E-state index is 10.3. The first kappa shape index (κ1) is 15.4. The lowest BCUT2D eigenvalue weighted by Crippen LogP contribution is -2.61. The smallest absolute Gasteiger partial charge is 0.114 e. The number of ether oxygens (including phenoxy) is 1. The summed E-state index contributed by atoms with van der Waals surface area (Å²) in [5.74, 6) is -0.493. The lowest BCUT2D eigenvalue weighted by atomic mass is 9.71. The van der Waals surface area contributed by atoms with Gasteiger partial charge in [-0.25, -0.2) is 0 Å². The average molecular weight is 287 g/mol. The fourth-order valence-corrected chi connectivity index (χ4v) is 2.90. The third-order valence-electron chi connectivity index (χ3n) is 4.37. The zero-order chi connectivity index (χ0) is 15.1. The highest BCUT2D eigenvalue weighted by Crippen LogP contribution is 2.43. The normalized spacial score (nSPS) is 42.2. The quantitative estimate of drug-likeness (QED) is 0.336. The van der Waals surface area contributed by atoms with Crippen LogP contribution in [0.4, 0.5) is 0 Å². The van der Waals surface area contributed by atoms with Crippen LogP contribution in [0.25, 0.3) is 0 Å². The number of oxime groups is 1. The molecular formula is C13H21NO6. The van der Waals surface area contributed by atoms with Crippen molar-refractivity contribution >= 4 is 5.71 Å². The van der Waals surface area contributed by atoms with E-state index in [1.807, 2.05) is 13.8 Å². The summed E-state index contributed by atoms with van der Waals surface area (Å²) >= 11 is 0. The molecule has 0 radical (unpaired) electrons. The van der Waals surface area contributed by atoms with E-state index in [0.29, 0.717) is 12.1 Å². The van der Waals surface area contributed by atoms with Crippen LogP contribution < -0.4 is 0 Å². The van der Waals surface area contributed by atoms with E-state index in [0.717, 1.165) is 5.57 Å². The van der Waals surface area contributed by atoms with Gasteiger partial charge in [-0.05, 0) is 31.9 Å². The number of aliphatic hydroxyl groups excluding tert-OH is 4. The number of allylic oxidation sites excluding steroid dienone is 1. The Balaban J connectivity index is 2.35. The van der Waals surface area contributed by atoms with Crippen LogP contribution in [0.2, 0.25) is 0 Å². The van der Waals surface area contributed by atoms with Crippen LogP contribution in [0.1, 0.15) is 20.3 Å². The van der Waals surface area contributed by atoms with Gasteiger partial charge in [-0.2, -0.15) is 0 Å². The number of hydrogen-bond acceptors (Lipinski definition) is 7. The van der Waals surface area contributed by atoms with E-state index in [2.05, 4.69) is 5.16 Å². The summed E-state index contributed by atoms with van der Waals surface area (Å²) in [6.45, 7) is 2.99. The van der Waals surface area contributed by atoms with Crippen LogP contribution in [0.15, 0.2) is 16.8 Å². The zero-order valence-corrected chi connectivity index (χ0v) is 11.5. The molecule has 7 nitrogen and oxygen atoms in total. The third kappa shape index (κ3) is 2.36. The molecule has 0 aromatic carbocycles. The average Bonchev–Trinajstić information content (AvgIpc) is 2.44. The molecule has 5 N–H and O–H groups in total. The molecule has 7 heteroatoms. The van der Waals surface area contributed by atoms with Gasteiger partial charge in [0.2, 0.25) is 0 Å². The van der Waals surface area contributed by atoms with Crippen molar-refractivity contribution in [2.24, 2.45) is 11.1 Å². The van der Waals surface area contributed by atoms with Gasteiger partial charge in [0.15, 0.2) is 0 Å². The van der Waals surface area contributed by atoms with Crippen molar-refractivity contribution in [3.63, 3.8) is 0 Å². The van der Waals surface area contributed by atoms with Crippen molar-refractivity contribution in [3.05, 3.63) is 11.6 Å². The molecule has 0 amide bonds. The van der Waals surface area contributed by atoms with E-state index in [1.54, 1.807) is 6.08 Å². The van der Waals surface area contributed by atoms with Gasteiger partial charge in [0.1, 0.15) is 18.3 Å².